The Morgan fingerprint density at radius 3 is 3.00 bits per heavy atom. The quantitative estimate of drug-likeness (QED) is 0.831. The molecule has 2 aromatic rings. The zero-order valence-electron chi connectivity index (χ0n) is 12.3. The van der Waals surface area contributed by atoms with Crippen molar-refractivity contribution in [3.63, 3.8) is 0 Å². The van der Waals surface area contributed by atoms with Crippen molar-refractivity contribution in [1.29, 1.82) is 0 Å². The molecule has 1 saturated heterocycles. The van der Waals surface area contributed by atoms with E-state index in [-0.39, 0.29) is 11.6 Å². The lowest BCUT2D eigenvalue weighted by molar-refractivity contribution is 0.376. The Morgan fingerprint density at radius 2 is 2.29 bits per heavy atom. The molecule has 1 fully saturated rings. The van der Waals surface area contributed by atoms with E-state index in [1.165, 1.54) is 4.57 Å². The number of aromatic amines is 1. The number of pyridine rings is 1. The lowest BCUT2D eigenvalue weighted by Crippen LogP contribution is -2.48. The van der Waals surface area contributed by atoms with E-state index in [0.29, 0.717) is 17.7 Å². The van der Waals surface area contributed by atoms with Gasteiger partial charge in [0, 0.05) is 44.0 Å². The molecule has 2 aromatic heterocycles. The number of piperidine rings is 1. The molecule has 3 heterocycles. The molecule has 7 heteroatoms. The molecule has 112 valence electrons. The highest BCUT2D eigenvalue weighted by Crippen LogP contribution is 2.21. The van der Waals surface area contributed by atoms with Crippen LogP contribution < -0.4 is 16.2 Å². The molecule has 0 radical (unpaired) electrons. The van der Waals surface area contributed by atoms with Crippen LogP contribution >= 0.6 is 0 Å². The van der Waals surface area contributed by atoms with Gasteiger partial charge in [0.1, 0.15) is 0 Å². The van der Waals surface area contributed by atoms with Crippen LogP contribution in [0.25, 0.3) is 11.4 Å². The molecule has 0 amide bonds. The molecule has 21 heavy (non-hydrogen) atoms. The number of aryl methyl sites for hydroxylation is 1. The van der Waals surface area contributed by atoms with Gasteiger partial charge in [-0.1, -0.05) is 6.92 Å². The van der Waals surface area contributed by atoms with Crippen molar-refractivity contribution >= 4 is 5.95 Å². The first-order chi connectivity index (χ1) is 10.0. The normalized spacial score (nSPS) is 22.5. The van der Waals surface area contributed by atoms with Crippen LogP contribution in [0.5, 0.6) is 0 Å². The Hall–Kier alpha value is -2.15. The molecule has 0 aliphatic carbocycles. The van der Waals surface area contributed by atoms with Crippen molar-refractivity contribution in [3.05, 3.63) is 28.7 Å². The molecule has 1 aliphatic rings. The summed E-state index contributed by atoms with van der Waals surface area (Å²) in [6, 6.07) is 3.54. The van der Waals surface area contributed by atoms with E-state index in [4.69, 9.17) is 5.73 Å². The second kappa shape index (κ2) is 5.33. The number of anilines is 1. The topological polar surface area (TPSA) is 92.8 Å². The van der Waals surface area contributed by atoms with E-state index in [1.54, 1.807) is 19.3 Å². The van der Waals surface area contributed by atoms with Crippen LogP contribution in [-0.2, 0) is 7.05 Å². The van der Waals surface area contributed by atoms with Crippen LogP contribution in [0.3, 0.4) is 0 Å². The van der Waals surface area contributed by atoms with Crippen molar-refractivity contribution < 1.29 is 0 Å². The van der Waals surface area contributed by atoms with Gasteiger partial charge < -0.3 is 15.2 Å². The molecular weight excluding hydrogens is 268 g/mol. The number of nitrogens with zero attached hydrogens (tertiary/aromatic N) is 4. The molecule has 0 bridgehead atoms. The maximum absolute atomic E-state index is 11.7. The highest BCUT2D eigenvalue weighted by atomic mass is 16.1. The fourth-order valence-corrected chi connectivity index (χ4v) is 2.50. The van der Waals surface area contributed by atoms with Gasteiger partial charge in [0.25, 0.3) is 5.56 Å². The number of nitrogens with one attached hydrogen (secondary N) is 1. The lowest BCUT2D eigenvalue weighted by Gasteiger charge is -2.34. The highest BCUT2D eigenvalue weighted by molar-refractivity contribution is 5.55. The zero-order valence-corrected chi connectivity index (χ0v) is 12.3. The van der Waals surface area contributed by atoms with Crippen LogP contribution in [0.2, 0.25) is 0 Å². The summed E-state index contributed by atoms with van der Waals surface area (Å²) in [5.41, 5.74) is 6.78. The number of aromatic nitrogens is 4. The number of H-pyrrole nitrogens is 1. The SMILES string of the molecule is CC1CCN(c2n[nH]c(-c3ccn(C)c(=O)c3)n2)CC1N. The van der Waals surface area contributed by atoms with Crippen LogP contribution in [0.1, 0.15) is 13.3 Å². The fraction of sp³-hybridized carbons (Fsp3) is 0.500. The predicted octanol–water partition coefficient (Wildman–Crippen LogP) is 0.344. The Labute approximate surface area is 122 Å². The minimum absolute atomic E-state index is 0.0701. The van der Waals surface area contributed by atoms with Gasteiger partial charge in [0.15, 0.2) is 5.82 Å². The third-order valence-corrected chi connectivity index (χ3v) is 4.15. The molecule has 2 unspecified atom stereocenters. The first kappa shape index (κ1) is 13.8. The first-order valence-electron chi connectivity index (χ1n) is 7.14. The second-order valence-corrected chi connectivity index (χ2v) is 5.72. The Kier molecular flexibility index (Phi) is 3.50. The standard InChI is InChI=1S/C14H20N6O/c1-9-3-6-20(8-11(9)15)14-16-13(17-18-14)10-4-5-19(2)12(21)7-10/h4-5,7,9,11H,3,6,8,15H2,1-2H3,(H,16,17,18). The average molecular weight is 288 g/mol. The van der Waals surface area contributed by atoms with Crippen LogP contribution in [0, 0.1) is 5.92 Å². The number of hydrogen-bond acceptors (Lipinski definition) is 5. The lowest BCUT2D eigenvalue weighted by atomic mass is 9.95. The van der Waals surface area contributed by atoms with E-state index in [2.05, 4.69) is 27.0 Å². The number of rotatable bonds is 2. The number of nitrogens with two attached hydrogens (primary N) is 1. The highest BCUT2D eigenvalue weighted by Gasteiger charge is 2.25. The molecule has 0 saturated carbocycles. The molecule has 7 nitrogen and oxygen atoms in total. The van der Waals surface area contributed by atoms with Crippen molar-refractivity contribution in [2.45, 2.75) is 19.4 Å². The maximum atomic E-state index is 11.7. The van der Waals surface area contributed by atoms with E-state index in [9.17, 15) is 4.79 Å². The summed E-state index contributed by atoms with van der Waals surface area (Å²) < 4.78 is 1.52. The largest absolute Gasteiger partial charge is 0.338 e. The van der Waals surface area contributed by atoms with Gasteiger partial charge in [-0.05, 0) is 18.4 Å². The van der Waals surface area contributed by atoms with Gasteiger partial charge in [0.05, 0.1) is 0 Å². The Bertz CT molecular complexity index is 691. The Balaban J connectivity index is 1.83. The summed E-state index contributed by atoms with van der Waals surface area (Å²) in [5, 5.41) is 7.15. The van der Waals surface area contributed by atoms with Gasteiger partial charge in [0.2, 0.25) is 5.95 Å². The van der Waals surface area contributed by atoms with Crippen molar-refractivity contribution in [2.24, 2.45) is 18.7 Å². The predicted molar refractivity (Wildman–Crippen MR) is 81.0 cm³/mol. The van der Waals surface area contributed by atoms with Gasteiger partial charge >= 0.3 is 0 Å². The first-order valence-corrected chi connectivity index (χ1v) is 7.14. The van der Waals surface area contributed by atoms with Crippen molar-refractivity contribution in [2.75, 3.05) is 18.0 Å². The molecule has 1 aliphatic heterocycles. The van der Waals surface area contributed by atoms with Crippen LogP contribution in [-0.4, -0.2) is 38.9 Å². The van der Waals surface area contributed by atoms with Gasteiger partial charge in [-0.2, -0.15) is 4.98 Å². The molecule has 0 spiro atoms. The van der Waals surface area contributed by atoms with E-state index < -0.39 is 0 Å². The summed E-state index contributed by atoms with van der Waals surface area (Å²) in [7, 11) is 1.72. The molecule has 2 atom stereocenters. The van der Waals surface area contributed by atoms with Gasteiger partial charge in [-0.3, -0.25) is 9.89 Å². The van der Waals surface area contributed by atoms with E-state index in [1.807, 2.05) is 6.07 Å². The van der Waals surface area contributed by atoms with Crippen molar-refractivity contribution in [1.82, 2.24) is 19.7 Å². The zero-order chi connectivity index (χ0) is 15.0. The summed E-state index contributed by atoms with van der Waals surface area (Å²) >= 11 is 0. The van der Waals surface area contributed by atoms with Gasteiger partial charge in [-0.15, -0.1) is 5.10 Å². The molecule has 3 N–H and O–H groups in total. The summed E-state index contributed by atoms with van der Waals surface area (Å²) in [5.74, 6) is 1.78. The molecular formula is C14H20N6O. The molecule has 0 aromatic carbocycles. The number of hydrogen-bond donors (Lipinski definition) is 2. The third kappa shape index (κ3) is 2.69. The Morgan fingerprint density at radius 1 is 1.48 bits per heavy atom. The smallest absolute Gasteiger partial charge is 0.250 e. The second-order valence-electron chi connectivity index (χ2n) is 5.72. The monoisotopic (exact) mass is 288 g/mol. The average Bonchev–Trinajstić information content (AvgIpc) is 2.94. The maximum Gasteiger partial charge on any atom is 0.250 e. The fourth-order valence-electron chi connectivity index (χ4n) is 2.50. The van der Waals surface area contributed by atoms with Gasteiger partial charge in [-0.25, -0.2) is 0 Å². The van der Waals surface area contributed by atoms with Crippen molar-refractivity contribution in [3.8, 4) is 11.4 Å². The summed E-state index contributed by atoms with van der Waals surface area (Å²) in [6.07, 6.45) is 2.76. The summed E-state index contributed by atoms with van der Waals surface area (Å²) in [4.78, 5) is 18.3. The van der Waals surface area contributed by atoms with Crippen LogP contribution in [0.4, 0.5) is 5.95 Å². The minimum Gasteiger partial charge on any atom is -0.338 e. The summed E-state index contributed by atoms with van der Waals surface area (Å²) in [6.45, 7) is 3.84. The molecule has 3 rings (SSSR count). The third-order valence-electron chi connectivity index (χ3n) is 4.15. The van der Waals surface area contributed by atoms with E-state index in [0.717, 1.165) is 25.1 Å². The van der Waals surface area contributed by atoms with Crippen LogP contribution in [0.15, 0.2) is 23.1 Å². The van der Waals surface area contributed by atoms with E-state index >= 15 is 0 Å². The minimum atomic E-state index is -0.0701.